The van der Waals surface area contributed by atoms with Gasteiger partial charge < -0.3 is 4.74 Å². The maximum absolute atomic E-state index is 13.0. The summed E-state index contributed by atoms with van der Waals surface area (Å²) >= 11 is 0. The molecule has 1 aromatic heterocycles. The molecule has 0 saturated carbocycles. The van der Waals surface area contributed by atoms with E-state index < -0.39 is 28.7 Å². The molecule has 0 aliphatic carbocycles. The van der Waals surface area contributed by atoms with Crippen LogP contribution in [0, 0.1) is 18.2 Å². The Labute approximate surface area is 129 Å². The van der Waals surface area contributed by atoms with Gasteiger partial charge in [-0.3, -0.25) is 4.79 Å². The van der Waals surface area contributed by atoms with Crippen LogP contribution in [0.3, 0.4) is 0 Å². The maximum Gasteiger partial charge on any atom is 0.364 e. The summed E-state index contributed by atoms with van der Waals surface area (Å²) in [5.74, 6) is 0.694. The molecule has 0 bridgehead atoms. The van der Waals surface area contributed by atoms with Crippen LogP contribution in [0.2, 0.25) is 0 Å². The number of carbonyl (C=O) groups excluding carboxylic acids is 1. The summed E-state index contributed by atoms with van der Waals surface area (Å²) in [5.41, 5.74) is -2.30. The molecule has 0 fully saturated rings. The lowest BCUT2D eigenvalue weighted by Gasteiger charge is -2.10. The Balaban J connectivity index is 2.76. The Morgan fingerprint density at radius 2 is 2.00 bits per heavy atom. The van der Waals surface area contributed by atoms with Crippen LogP contribution in [0.5, 0.6) is 0 Å². The second-order valence-electron chi connectivity index (χ2n) is 4.33. The summed E-state index contributed by atoms with van der Waals surface area (Å²) in [4.78, 5) is 36.6. The summed E-state index contributed by atoms with van der Waals surface area (Å²) < 4.78 is 19.3. The molecule has 0 unspecified atom stereocenters. The average Bonchev–Trinajstić information content (AvgIpc) is 2.52. The molecule has 1 heterocycles. The molecule has 0 saturated heterocycles. The number of terminal acetylenes is 1. The number of esters is 1. The van der Waals surface area contributed by atoms with E-state index in [9.17, 15) is 18.8 Å². The molecule has 118 valence electrons. The lowest BCUT2D eigenvalue weighted by atomic mass is 10.3. The van der Waals surface area contributed by atoms with E-state index in [0.29, 0.717) is 4.57 Å². The van der Waals surface area contributed by atoms with Crippen molar-refractivity contribution in [2.45, 2.75) is 13.5 Å². The van der Waals surface area contributed by atoms with Crippen LogP contribution in [0.4, 0.5) is 4.39 Å². The minimum Gasteiger partial charge on any atom is -0.461 e. The van der Waals surface area contributed by atoms with E-state index in [1.807, 2.05) is 0 Å². The van der Waals surface area contributed by atoms with Gasteiger partial charge in [-0.05, 0) is 31.2 Å². The summed E-state index contributed by atoms with van der Waals surface area (Å²) in [6.07, 6.45) is 5.16. The first-order chi connectivity index (χ1) is 11.0. The highest BCUT2D eigenvalue weighted by Crippen LogP contribution is 2.05. The highest BCUT2D eigenvalue weighted by Gasteiger charge is 2.21. The van der Waals surface area contributed by atoms with E-state index in [-0.39, 0.29) is 18.8 Å². The van der Waals surface area contributed by atoms with Gasteiger partial charge in [0.25, 0.3) is 5.56 Å². The topological polar surface area (TPSA) is 83.2 Å². The maximum atomic E-state index is 13.0. The van der Waals surface area contributed by atoms with Gasteiger partial charge in [0.1, 0.15) is 12.4 Å². The smallest absolute Gasteiger partial charge is 0.364 e. The third kappa shape index (κ3) is 3.18. The third-order valence-electron chi connectivity index (χ3n) is 2.83. The number of benzene rings is 1. The number of carbonyl (C=O) groups is 1. The van der Waals surface area contributed by atoms with Gasteiger partial charge in [-0.2, -0.15) is 5.10 Å². The number of ether oxygens (including phenoxy) is 1. The predicted molar refractivity (Wildman–Crippen MR) is 78.8 cm³/mol. The first-order valence-electron chi connectivity index (χ1n) is 6.60. The number of hydrogen-bond donors (Lipinski definition) is 0. The van der Waals surface area contributed by atoms with Crippen molar-refractivity contribution in [3.05, 3.63) is 56.6 Å². The van der Waals surface area contributed by atoms with Crippen LogP contribution in [-0.2, 0) is 11.3 Å². The molecule has 0 aliphatic rings. The first-order valence-corrected chi connectivity index (χ1v) is 6.60. The van der Waals surface area contributed by atoms with Gasteiger partial charge in [-0.1, -0.05) is 5.92 Å². The quantitative estimate of drug-likeness (QED) is 0.600. The van der Waals surface area contributed by atoms with Gasteiger partial charge in [-0.15, -0.1) is 6.42 Å². The molecule has 1 aromatic carbocycles. The fraction of sp³-hybridized carbons (Fsp3) is 0.200. The van der Waals surface area contributed by atoms with Crippen molar-refractivity contribution in [2.24, 2.45) is 0 Å². The molecule has 0 amide bonds. The Morgan fingerprint density at radius 1 is 1.35 bits per heavy atom. The van der Waals surface area contributed by atoms with Crippen LogP contribution >= 0.6 is 0 Å². The molecule has 2 aromatic rings. The first kappa shape index (κ1) is 16.2. The largest absolute Gasteiger partial charge is 0.461 e. The fourth-order valence-electron chi connectivity index (χ4n) is 1.85. The van der Waals surface area contributed by atoms with E-state index in [1.54, 1.807) is 6.92 Å². The number of rotatable bonds is 4. The zero-order chi connectivity index (χ0) is 17.0. The zero-order valence-corrected chi connectivity index (χ0v) is 12.2. The van der Waals surface area contributed by atoms with Crippen LogP contribution in [0.1, 0.15) is 17.4 Å². The molecule has 0 radical (unpaired) electrons. The second-order valence-corrected chi connectivity index (χ2v) is 4.33. The van der Waals surface area contributed by atoms with E-state index in [0.717, 1.165) is 16.8 Å². The van der Waals surface area contributed by atoms with Gasteiger partial charge in [-0.25, -0.2) is 23.2 Å². The fourth-order valence-corrected chi connectivity index (χ4v) is 1.85. The average molecular weight is 317 g/mol. The van der Waals surface area contributed by atoms with Crippen molar-refractivity contribution in [3.63, 3.8) is 0 Å². The van der Waals surface area contributed by atoms with Crippen molar-refractivity contribution in [2.75, 3.05) is 6.61 Å². The lowest BCUT2D eigenvalue weighted by molar-refractivity contribution is 0.0513. The van der Waals surface area contributed by atoms with Crippen molar-refractivity contribution in [1.82, 2.24) is 14.3 Å². The van der Waals surface area contributed by atoms with Crippen molar-refractivity contribution < 1.29 is 13.9 Å². The number of nitrogens with zero attached hydrogens (tertiary/aromatic N) is 3. The lowest BCUT2D eigenvalue weighted by Crippen LogP contribution is -2.43. The molecule has 7 nitrogen and oxygen atoms in total. The Morgan fingerprint density at radius 3 is 2.57 bits per heavy atom. The summed E-state index contributed by atoms with van der Waals surface area (Å²) in [7, 11) is 0. The SMILES string of the molecule is C#CCn1nc(C(=O)OCC)c(=O)n(-c2ccc(F)cc2)c1=O. The van der Waals surface area contributed by atoms with E-state index >= 15 is 0 Å². The van der Waals surface area contributed by atoms with E-state index in [2.05, 4.69) is 11.0 Å². The van der Waals surface area contributed by atoms with Crippen molar-refractivity contribution in [3.8, 4) is 18.0 Å². The number of hydrogen-bond acceptors (Lipinski definition) is 5. The highest BCUT2D eigenvalue weighted by molar-refractivity contribution is 5.86. The molecular formula is C15H12FN3O4. The van der Waals surface area contributed by atoms with Crippen molar-refractivity contribution >= 4 is 5.97 Å². The van der Waals surface area contributed by atoms with Gasteiger partial charge in [0.05, 0.1) is 12.3 Å². The van der Waals surface area contributed by atoms with E-state index in [1.165, 1.54) is 12.1 Å². The molecule has 8 heteroatoms. The summed E-state index contributed by atoms with van der Waals surface area (Å²) in [6, 6.07) is 4.62. The highest BCUT2D eigenvalue weighted by atomic mass is 19.1. The second kappa shape index (κ2) is 6.70. The zero-order valence-electron chi connectivity index (χ0n) is 12.2. The van der Waals surface area contributed by atoms with Crippen LogP contribution in [0.25, 0.3) is 5.69 Å². The molecule has 0 atom stereocenters. The van der Waals surface area contributed by atoms with Gasteiger partial charge in [0, 0.05) is 0 Å². The van der Waals surface area contributed by atoms with Gasteiger partial charge in [0.15, 0.2) is 0 Å². The molecule has 2 rings (SSSR count). The normalized spacial score (nSPS) is 10.1. The molecule has 0 N–H and O–H groups in total. The molecular weight excluding hydrogens is 305 g/mol. The third-order valence-corrected chi connectivity index (χ3v) is 2.83. The predicted octanol–water partition coefficient (Wildman–Crippen LogP) is 0.343. The van der Waals surface area contributed by atoms with Gasteiger partial charge >= 0.3 is 11.7 Å². The Bertz CT molecular complexity index is 891. The minimum atomic E-state index is -0.973. The number of aromatic nitrogens is 3. The summed E-state index contributed by atoms with van der Waals surface area (Å²) in [6.45, 7) is 1.35. The minimum absolute atomic E-state index is 0.0325. The van der Waals surface area contributed by atoms with Crippen LogP contribution in [-0.4, -0.2) is 26.9 Å². The van der Waals surface area contributed by atoms with Crippen LogP contribution in [0.15, 0.2) is 33.9 Å². The number of halogens is 1. The molecule has 0 aliphatic heterocycles. The van der Waals surface area contributed by atoms with Crippen LogP contribution < -0.4 is 11.2 Å². The monoisotopic (exact) mass is 317 g/mol. The van der Waals surface area contributed by atoms with E-state index in [4.69, 9.17) is 11.2 Å². The van der Waals surface area contributed by atoms with Crippen molar-refractivity contribution in [1.29, 1.82) is 0 Å². The Kier molecular flexibility index (Phi) is 4.71. The molecule has 23 heavy (non-hydrogen) atoms. The molecule has 0 spiro atoms. The standard InChI is InChI=1S/C15H12FN3O4/c1-3-9-18-15(22)19(11-7-5-10(16)6-8-11)13(20)12(17-18)14(21)23-4-2/h1,5-8H,4,9H2,2H3. The Hall–Kier alpha value is -3.21. The summed E-state index contributed by atoms with van der Waals surface area (Å²) in [5, 5.41) is 3.66. The van der Waals surface area contributed by atoms with Gasteiger partial charge in [0.2, 0.25) is 5.69 Å².